The smallest absolute Gasteiger partial charge is 0.387 e. The number of aliphatic hydroxyl groups is 1. The Morgan fingerprint density at radius 1 is 1.08 bits per heavy atom. The predicted octanol–water partition coefficient (Wildman–Crippen LogP) is 4.36. The van der Waals surface area contributed by atoms with Crippen molar-refractivity contribution >= 4 is 10.1 Å². The fraction of sp³-hybridized carbons (Fsp3) is 0.647. The Labute approximate surface area is 147 Å². The number of aliphatic hydroxyl groups excluding tert-OH is 1. The van der Waals surface area contributed by atoms with Crippen LogP contribution in [0.4, 0.5) is 13.2 Å². The molecule has 0 spiro atoms. The molecule has 1 N–H and O–H groups in total. The summed E-state index contributed by atoms with van der Waals surface area (Å²) in [6, 6.07) is 8.02. The van der Waals surface area contributed by atoms with Crippen LogP contribution >= 0.6 is 0 Å². The zero-order valence-electron chi connectivity index (χ0n) is 14.2. The summed E-state index contributed by atoms with van der Waals surface area (Å²) < 4.78 is 65.6. The minimum absolute atomic E-state index is 0.0416. The standard InChI is InChI=1S/C17H25F3O4S/c1-2-3-4-5-9-12-15(16(21)14-10-7-6-8-11-14)25(22,23)24-13-17(18,19)20/h6-8,10-11,15-16,21H,2-5,9,12-13H2,1H3. The molecule has 0 aliphatic carbocycles. The molecule has 0 saturated carbocycles. The van der Waals surface area contributed by atoms with Crippen molar-refractivity contribution in [2.75, 3.05) is 6.61 Å². The number of unbranched alkanes of at least 4 members (excludes halogenated alkanes) is 4. The molecule has 1 aromatic rings. The highest BCUT2D eigenvalue weighted by molar-refractivity contribution is 7.87. The van der Waals surface area contributed by atoms with E-state index in [1.165, 1.54) is 12.1 Å². The molecule has 0 heterocycles. The summed E-state index contributed by atoms with van der Waals surface area (Å²) in [5, 5.41) is 8.98. The van der Waals surface area contributed by atoms with Gasteiger partial charge in [0.05, 0.1) is 6.10 Å². The average molecular weight is 382 g/mol. The van der Waals surface area contributed by atoms with Crippen LogP contribution in [0.2, 0.25) is 0 Å². The van der Waals surface area contributed by atoms with E-state index in [1.807, 2.05) is 6.92 Å². The Morgan fingerprint density at radius 3 is 2.24 bits per heavy atom. The number of rotatable bonds is 11. The zero-order chi connectivity index (χ0) is 18.9. The molecule has 8 heteroatoms. The van der Waals surface area contributed by atoms with Gasteiger partial charge in [0, 0.05) is 0 Å². The lowest BCUT2D eigenvalue weighted by molar-refractivity contribution is -0.152. The largest absolute Gasteiger partial charge is 0.413 e. The Balaban J connectivity index is 2.86. The predicted molar refractivity (Wildman–Crippen MR) is 89.5 cm³/mol. The zero-order valence-corrected chi connectivity index (χ0v) is 15.0. The van der Waals surface area contributed by atoms with E-state index in [0.29, 0.717) is 12.0 Å². The maximum Gasteiger partial charge on any atom is 0.413 e. The van der Waals surface area contributed by atoms with Crippen LogP contribution in [-0.4, -0.2) is 31.6 Å². The summed E-state index contributed by atoms with van der Waals surface area (Å²) >= 11 is 0. The summed E-state index contributed by atoms with van der Waals surface area (Å²) in [5.41, 5.74) is 0.334. The molecule has 2 unspecified atom stereocenters. The van der Waals surface area contributed by atoms with Crippen LogP contribution in [0.15, 0.2) is 30.3 Å². The molecule has 0 amide bonds. The maximum absolute atomic E-state index is 12.3. The van der Waals surface area contributed by atoms with E-state index < -0.39 is 34.3 Å². The lowest BCUT2D eigenvalue weighted by Gasteiger charge is -2.23. The first-order valence-electron chi connectivity index (χ1n) is 8.35. The second kappa shape index (κ2) is 10.1. The van der Waals surface area contributed by atoms with Gasteiger partial charge in [-0.3, -0.25) is 4.18 Å². The van der Waals surface area contributed by atoms with E-state index in [-0.39, 0.29) is 6.42 Å². The molecule has 4 nitrogen and oxygen atoms in total. The molecule has 2 atom stereocenters. The number of benzene rings is 1. The number of hydrogen-bond donors (Lipinski definition) is 1. The van der Waals surface area contributed by atoms with Crippen molar-refractivity contribution in [1.29, 1.82) is 0 Å². The second-order valence-electron chi connectivity index (χ2n) is 5.97. The van der Waals surface area contributed by atoms with Crippen LogP contribution in [0.25, 0.3) is 0 Å². The van der Waals surface area contributed by atoms with Crippen molar-refractivity contribution in [3.8, 4) is 0 Å². The first-order chi connectivity index (χ1) is 11.7. The van der Waals surface area contributed by atoms with Crippen LogP contribution in [0.1, 0.15) is 57.1 Å². The van der Waals surface area contributed by atoms with Gasteiger partial charge < -0.3 is 5.11 Å². The lowest BCUT2D eigenvalue weighted by Crippen LogP contribution is -2.33. The second-order valence-corrected chi connectivity index (χ2v) is 7.79. The number of hydrogen-bond acceptors (Lipinski definition) is 4. The van der Waals surface area contributed by atoms with E-state index in [4.69, 9.17) is 0 Å². The van der Waals surface area contributed by atoms with Crippen molar-refractivity contribution < 1.29 is 30.9 Å². The first kappa shape index (κ1) is 21.9. The topological polar surface area (TPSA) is 63.6 Å². The van der Waals surface area contributed by atoms with Gasteiger partial charge >= 0.3 is 6.18 Å². The van der Waals surface area contributed by atoms with Crippen molar-refractivity contribution in [2.45, 2.75) is 63.0 Å². The molecule has 0 saturated heterocycles. The fourth-order valence-electron chi connectivity index (χ4n) is 2.51. The summed E-state index contributed by atoms with van der Waals surface area (Å²) in [6.07, 6.45) is -1.98. The van der Waals surface area contributed by atoms with Gasteiger partial charge in [-0.05, 0) is 12.0 Å². The average Bonchev–Trinajstić information content (AvgIpc) is 2.56. The highest BCUT2D eigenvalue weighted by atomic mass is 32.2. The van der Waals surface area contributed by atoms with Crippen LogP contribution in [0, 0.1) is 0 Å². The van der Waals surface area contributed by atoms with Gasteiger partial charge in [0.1, 0.15) is 5.25 Å². The molecule has 0 fully saturated rings. The maximum atomic E-state index is 12.3. The Kier molecular flexibility index (Phi) is 8.88. The highest BCUT2D eigenvalue weighted by Gasteiger charge is 2.38. The molecule has 0 radical (unpaired) electrons. The van der Waals surface area contributed by atoms with E-state index in [2.05, 4.69) is 4.18 Å². The molecule has 144 valence electrons. The van der Waals surface area contributed by atoms with Crippen molar-refractivity contribution in [1.82, 2.24) is 0 Å². The lowest BCUT2D eigenvalue weighted by atomic mass is 10.0. The van der Waals surface area contributed by atoms with E-state index >= 15 is 0 Å². The summed E-state index contributed by atoms with van der Waals surface area (Å²) in [5.74, 6) is 0. The van der Waals surface area contributed by atoms with Crippen LogP contribution in [0.5, 0.6) is 0 Å². The van der Waals surface area contributed by atoms with E-state index in [0.717, 1.165) is 25.7 Å². The van der Waals surface area contributed by atoms with Gasteiger partial charge in [-0.1, -0.05) is 69.4 Å². The third-order valence-electron chi connectivity index (χ3n) is 3.84. The summed E-state index contributed by atoms with van der Waals surface area (Å²) in [6.45, 7) is 0.153. The third-order valence-corrected chi connectivity index (χ3v) is 5.52. The third kappa shape index (κ3) is 8.20. The molecular formula is C17H25F3O4S. The van der Waals surface area contributed by atoms with Crippen molar-refractivity contribution in [3.63, 3.8) is 0 Å². The van der Waals surface area contributed by atoms with Gasteiger partial charge in [-0.25, -0.2) is 0 Å². The fourth-order valence-corrected chi connectivity index (χ4v) is 3.91. The highest BCUT2D eigenvalue weighted by Crippen LogP contribution is 2.29. The molecule has 0 aliphatic heterocycles. The van der Waals surface area contributed by atoms with Crippen molar-refractivity contribution in [3.05, 3.63) is 35.9 Å². The van der Waals surface area contributed by atoms with Gasteiger partial charge in [0.25, 0.3) is 10.1 Å². The van der Waals surface area contributed by atoms with Gasteiger partial charge in [-0.15, -0.1) is 0 Å². The Morgan fingerprint density at radius 2 is 1.68 bits per heavy atom. The Hall–Kier alpha value is -1.12. The monoisotopic (exact) mass is 382 g/mol. The summed E-state index contributed by atoms with van der Waals surface area (Å²) in [4.78, 5) is 0. The first-order valence-corrected chi connectivity index (χ1v) is 9.82. The van der Waals surface area contributed by atoms with E-state index in [9.17, 15) is 26.7 Å². The SMILES string of the molecule is CCCCCCCC(C(O)c1ccccc1)S(=O)(=O)OCC(F)(F)F. The molecule has 0 aliphatic rings. The molecule has 0 bridgehead atoms. The van der Waals surface area contributed by atoms with Gasteiger partial charge in [-0.2, -0.15) is 21.6 Å². The number of halogens is 3. The Bertz CT molecular complexity index is 588. The quantitative estimate of drug-likeness (QED) is 0.456. The van der Waals surface area contributed by atoms with Crippen LogP contribution in [-0.2, 0) is 14.3 Å². The van der Waals surface area contributed by atoms with Crippen molar-refractivity contribution in [2.24, 2.45) is 0 Å². The van der Waals surface area contributed by atoms with Gasteiger partial charge in [0.15, 0.2) is 6.61 Å². The molecule has 1 rings (SSSR count). The van der Waals surface area contributed by atoms with Crippen LogP contribution < -0.4 is 0 Å². The normalized spacial score (nSPS) is 15.1. The summed E-state index contributed by atoms with van der Waals surface area (Å²) in [7, 11) is -4.57. The van der Waals surface area contributed by atoms with Crippen LogP contribution in [0.3, 0.4) is 0 Å². The minimum Gasteiger partial charge on any atom is -0.387 e. The molecule has 25 heavy (non-hydrogen) atoms. The number of alkyl halides is 3. The minimum atomic E-state index is -4.75. The molecule has 0 aromatic heterocycles. The molecule has 1 aromatic carbocycles. The molecular weight excluding hydrogens is 357 g/mol. The van der Waals surface area contributed by atoms with E-state index in [1.54, 1.807) is 18.2 Å². The van der Waals surface area contributed by atoms with Gasteiger partial charge in [0.2, 0.25) is 0 Å².